The predicted molar refractivity (Wildman–Crippen MR) is 93.9 cm³/mol. The number of hydrogen-bond donors (Lipinski definition) is 2. The lowest BCUT2D eigenvalue weighted by atomic mass is 9.88. The van der Waals surface area contributed by atoms with Gasteiger partial charge in [0, 0.05) is 12.5 Å². The minimum atomic E-state index is -0.104. The van der Waals surface area contributed by atoms with Gasteiger partial charge in [-0.15, -0.1) is 0 Å². The molecule has 1 saturated carbocycles. The summed E-state index contributed by atoms with van der Waals surface area (Å²) in [4.78, 5) is 24.9. The molecule has 1 atom stereocenters. The fourth-order valence-electron chi connectivity index (χ4n) is 3.45. The second-order valence-corrected chi connectivity index (χ2v) is 6.92. The highest BCUT2D eigenvalue weighted by Gasteiger charge is 2.25. The van der Waals surface area contributed by atoms with Crippen LogP contribution >= 0.6 is 0 Å². The number of carbonyl (C=O) groups excluding carboxylic acids is 2. The van der Waals surface area contributed by atoms with Gasteiger partial charge in [0.15, 0.2) is 0 Å². The summed E-state index contributed by atoms with van der Waals surface area (Å²) in [6, 6.07) is 5.73. The maximum absolute atomic E-state index is 12.5. The van der Waals surface area contributed by atoms with E-state index in [1.165, 1.54) is 6.42 Å². The Hall–Kier alpha value is -1.88. The number of ether oxygens (including phenoxy) is 1. The van der Waals surface area contributed by atoms with Crippen LogP contribution < -0.4 is 10.6 Å². The molecule has 0 aromatic heterocycles. The van der Waals surface area contributed by atoms with Gasteiger partial charge in [0.05, 0.1) is 23.9 Å². The molecule has 1 unspecified atom stereocenters. The molecule has 24 heavy (non-hydrogen) atoms. The van der Waals surface area contributed by atoms with Crippen LogP contribution in [0.1, 0.15) is 44.1 Å². The van der Waals surface area contributed by atoms with Gasteiger partial charge in [-0.05, 0) is 43.9 Å². The van der Waals surface area contributed by atoms with Crippen molar-refractivity contribution < 1.29 is 14.3 Å². The first-order chi connectivity index (χ1) is 11.6. The molecular weight excluding hydrogens is 304 g/mol. The van der Waals surface area contributed by atoms with Crippen LogP contribution in [0.4, 0.5) is 11.4 Å². The standard InChI is InChI=1S/C19H26N2O3/c1-13-7-8-16(20-18(22)14-5-3-2-4-6-14)17(11-13)21-19(23)15-9-10-24-12-15/h7-8,11,14-15H,2-6,9-10,12H2,1H3,(H,20,22)(H,21,23). The average Bonchev–Trinajstić information content (AvgIpc) is 3.13. The number of amides is 2. The van der Waals surface area contributed by atoms with E-state index in [1.807, 2.05) is 25.1 Å². The lowest BCUT2D eigenvalue weighted by Crippen LogP contribution is -2.27. The first kappa shape index (κ1) is 17.0. The van der Waals surface area contributed by atoms with Crippen LogP contribution in [0.2, 0.25) is 0 Å². The quantitative estimate of drug-likeness (QED) is 0.888. The van der Waals surface area contributed by atoms with Crippen molar-refractivity contribution >= 4 is 23.2 Å². The second kappa shape index (κ2) is 7.79. The maximum Gasteiger partial charge on any atom is 0.229 e. The molecule has 1 aliphatic carbocycles. The first-order valence-electron chi connectivity index (χ1n) is 8.93. The lowest BCUT2D eigenvalue weighted by molar-refractivity contribution is -0.121. The summed E-state index contributed by atoms with van der Waals surface area (Å²) >= 11 is 0. The van der Waals surface area contributed by atoms with Crippen LogP contribution in [-0.2, 0) is 14.3 Å². The molecule has 5 nitrogen and oxygen atoms in total. The zero-order valence-electron chi connectivity index (χ0n) is 14.3. The maximum atomic E-state index is 12.5. The molecule has 2 N–H and O–H groups in total. The van der Waals surface area contributed by atoms with Crippen molar-refractivity contribution in [1.29, 1.82) is 0 Å². The van der Waals surface area contributed by atoms with Gasteiger partial charge in [0.25, 0.3) is 0 Å². The molecule has 0 radical (unpaired) electrons. The average molecular weight is 330 g/mol. The van der Waals surface area contributed by atoms with Crippen molar-refractivity contribution in [2.45, 2.75) is 45.4 Å². The van der Waals surface area contributed by atoms with Crippen LogP contribution in [0.3, 0.4) is 0 Å². The third-order valence-corrected chi connectivity index (χ3v) is 4.97. The van der Waals surface area contributed by atoms with Crippen molar-refractivity contribution in [3.63, 3.8) is 0 Å². The molecule has 130 valence electrons. The molecule has 5 heteroatoms. The third-order valence-electron chi connectivity index (χ3n) is 4.97. The van der Waals surface area contributed by atoms with Gasteiger partial charge < -0.3 is 15.4 Å². The molecule has 2 fully saturated rings. The zero-order chi connectivity index (χ0) is 16.9. The van der Waals surface area contributed by atoms with Gasteiger partial charge in [-0.3, -0.25) is 9.59 Å². The molecule has 1 aliphatic heterocycles. The summed E-state index contributed by atoms with van der Waals surface area (Å²) in [5, 5.41) is 5.99. The highest BCUT2D eigenvalue weighted by atomic mass is 16.5. The van der Waals surface area contributed by atoms with Gasteiger partial charge >= 0.3 is 0 Å². The Morgan fingerprint density at radius 2 is 1.67 bits per heavy atom. The molecule has 1 aromatic rings. The SMILES string of the molecule is Cc1ccc(NC(=O)C2CCCCC2)c(NC(=O)C2CCOC2)c1. The number of anilines is 2. The molecule has 2 aliphatic rings. The largest absolute Gasteiger partial charge is 0.381 e. The minimum Gasteiger partial charge on any atom is -0.381 e. The fraction of sp³-hybridized carbons (Fsp3) is 0.579. The first-order valence-corrected chi connectivity index (χ1v) is 8.93. The number of hydrogen-bond acceptors (Lipinski definition) is 3. The van der Waals surface area contributed by atoms with Crippen LogP contribution in [0, 0.1) is 18.8 Å². The lowest BCUT2D eigenvalue weighted by Gasteiger charge is -2.22. The van der Waals surface area contributed by atoms with Gasteiger partial charge in [-0.2, -0.15) is 0 Å². The van der Waals surface area contributed by atoms with E-state index < -0.39 is 0 Å². The third kappa shape index (κ3) is 4.15. The number of rotatable bonds is 4. The highest BCUT2D eigenvalue weighted by Crippen LogP contribution is 2.28. The summed E-state index contributed by atoms with van der Waals surface area (Å²) in [7, 11) is 0. The van der Waals surface area contributed by atoms with E-state index in [4.69, 9.17) is 4.74 Å². The Bertz CT molecular complexity index is 603. The highest BCUT2D eigenvalue weighted by molar-refractivity contribution is 6.01. The summed E-state index contributed by atoms with van der Waals surface area (Å²) in [6.45, 7) is 3.08. The van der Waals surface area contributed by atoms with Crippen LogP contribution in [-0.4, -0.2) is 25.0 Å². The Morgan fingerprint density at radius 1 is 0.958 bits per heavy atom. The molecule has 1 saturated heterocycles. The van der Waals surface area contributed by atoms with Crippen LogP contribution in [0.15, 0.2) is 18.2 Å². The number of nitrogens with one attached hydrogen (secondary N) is 2. The molecule has 2 amide bonds. The van der Waals surface area contributed by atoms with E-state index in [0.717, 1.165) is 37.7 Å². The van der Waals surface area contributed by atoms with Gasteiger partial charge in [0.1, 0.15) is 0 Å². The molecule has 0 spiro atoms. The number of benzene rings is 1. The van der Waals surface area contributed by atoms with Crippen molar-refractivity contribution in [1.82, 2.24) is 0 Å². The molecule has 3 rings (SSSR count). The zero-order valence-corrected chi connectivity index (χ0v) is 14.3. The number of aryl methyl sites for hydroxylation is 1. The summed E-state index contributed by atoms with van der Waals surface area (Å²) < 4.78 is 5.28. The topological polar surface area (TPSA) is 67.4 Å². The van der Waals surface area contributed by atoms with Crippen molar-refractivity contribution in [3.8, 4) is 0 Å². The van der Waals surface area contributed by atoms with E-state index in [1.54, 1.807) is 0 Å². The van der Waals surface area contributed by atoms with E-state index in [9.17, 15) is 9.59 Å². The Morgan fingerprint density at radius 3 is 2.38 bits per heavy atom. The Labute approximate surface area is 143 Å². The van der Waals surface area contributed by atoms with E-state index in [-0.39, 0.29) is 23.7 Å². The van der Waals surface area contributed by atoms with Crippen molar-refractivity contribution in [3.05, 3.63) is 23.8 Å². The smallest absolute Gasteiger partial charge is 0.229 e. The Balaban J connectivity index is 1.70. The monoisotopic (exact) mass is 330 g/mol. The molecule has 0 bridgehead atoms. The van der Waals surface area contributed by atoms with Gasteiger partial charge in [-0.25, -0.2) is 0 Å². The molecule has 1 heterocycles. The normalized spacial score (nSPS) is 21.5. The predicted octanol–water partition coefficient (Wildman–Crippen LogP) is 3.49. The summed E-state index contributed by atoms with van der Waals surface area (Å²) in [5.74, 6) is 0.0174. The van der Waals surface area contributed by atoms with E-state index in [0.29, 0.717) is 24.6 Å². The molecular formula is C19H26N2O3. The summed E-state index contributed by atoms with van der Waals surface area (Å²) in [5.41, 5.74) is 2.41. The van der Waals surface area contributed by atoms with E-state index in [2.05, 4.69) is 10.6 Å². The number of carbonyl (C=O) groups is 2. The van der Waals surface area contributed by atoms with Gasteiger partial charge in [-0.1, -0.05) is 25.3 Å². The van der Waals surface area contributed by atoms with Crippen LogP contribution in [0.25, 0.3) is 0 Å². The van der Waals surface area contributed by atoms with Crippen LogP contribution in [0.5, 0.6) is 0 Å². The minimum absolute atomic E-state index is 0.0359. The summed E-state index contributed by atoms with van der Waals surface area (Å²) in [6.07, 6.45) is 6.13. The van der Waals surface area contributed by atoms with Crippen molar-refractivity contribution in [2.24, 2.45) is 11.8 Å². The second-order valence-electron chi connectivity index (χ2n) is 6.92. The molecule has 1 aromatic carbocycles. The van der Waals surface area contributed by atoms with E-state index >= 15 is 0 Å². The van der Waals surface area contributed by atoms with Crippen molar-refractivity contribution in [2.75, 3.05) is 23.8 Å². The fourth-order valence-corrected chi connectivity index (χ4v) is 3.45. The van der Waals surface area contributed by atoms with Gasteiger partial charge in [0.2, 0.25) is 11.8 Å². The Kier molecular flexibility index (Phi) is 5.51.